The Bertz CT molecular complexity index is 691. The second-order valence-corrected chi connectivity index (χ2v) is 5.42. The third kappa shape index (κ3) is 2.71. The largest absolute Gasteiger partial charge is 0.493 e. The third-order valence-electron chi connectivity index (χ3n) is 2.60. The van der Waals surface area contributed by atoms with Gasteiger partial charge in [0.25, 0.3) is 0 Å². The Morgan fingerprint density at radius 3 is 2.65 bits per heavy atom. The van der Waals surface area contributed by atoms with Crippen molar-refractivity contribution in [1.82, 2.24) is 4.98 Å². The molecule has 0 saturated heterocycles. The van der Waals surface area contributed by atoms with Crippen LogP contribution in [0.3, 0.4) is 0 Å². The van der Waals surface area contributed by atoms with Crippen LogP contribution in [0.25, 0.3) is 10.9 Å². The average molecular weight is 379 g/mol. The number of pyridine rings is 1. The number of fused-ring (bicyclic) bond motifs is 1. The lowest BCUT2D eigenvalue weighted by Gasteiger charge is -2.12. The maximum absolute atomic E-state index is 11.7. The summed E-state index contributed by atoms with van der Waals surface area (Å²) in [4.78, 5) is 15.8. The lowest BCUT2D eigenvalue weighted by molar-refractivity contribution is 0.0594. The van der Waals surface area contributed by atoms with Crippen LogP contribution in [0.1, 0.15) is 17.4 Å². The molecule has 1 heterocycles. The highest BCUT2D eigenvalue weighted by molar-refractivity contribution is 9.10. The molecule has 1 aromatic carbocycles. The summed E-state index contributed by atoms with van der Waals surface area (Å²) in [7, 11) is 1.28. The van der Waals surface area contributed by atoms with Gasteiger partial charge in [-0.3, -0.25) is 0 Å². The van der Waals surface area contributed by atoms with Gasteiger partial charge in [-0.2, -0.15) is 0 Å². The summed E-state index contributed by atoms with van der Waals surface area (Å²) in [5, 5.41) is 1.25. The Morgan fingerprint density at radius 2 is 2.05 bits per heavy atom. The van der Waals surface area contributed by atoms with E-state index >= 15 is 0 Å². The molecule has 0 aliphatic rings. The van der Waals surface area contributed by atoms with Crippen molar-refractivity contribution in [2.24, 2.45) is 0 Å². The Hall–Kier alpha value is -1.04. The van der Waals surface area contributed by atoms with E-state index < -0.39 is 5.97 Å². The minimum Gasteiger partial charge on any atom is -0.493 e. The van der Waals surface area contributed by atoms with Crippen molar-refractivity contribution in [3.8, 4) is 5.75 Å². The Labute approximate surface area is 134 Å². The van der Waals surface area contributed by atoms with Crippen molar-refractivity contribution in [2.75, 3.05) is 13.7 Å². The van der Waals surface area contributed by atoms with Crippen LogP contribution in [0.15, 0.2) is 16.6 Å². The number of nitrogens with zero attached hydrogens (tertiary/aromatic N) is 1. The van der Waals surface area contributed by atoms with E-state index in [2.05, 4.69) is 25.7 Å². The Balaban J connectivity index is 2.82. The van der Waals surface area contributed by atoms with Crippen molar-refractivity contribution >= 4 is 56.0 Å². The van der Waals surface area contributed by atoms with Gasteiger partial charge >= 0.3 is 5.97 Å². The van der Waals surface area contributed by atoms with Crippen LogP contribution in [-0.4, -0.2) is 24.7 Å². The van der Waals surface area contributed by atoms with E-state index in [1.165, 1.54) is 13.2 Å². The molecule has 0 spiro atoms. The van der Waals surface area contributed by atoms with Gasteiger partial charge in [0.1, 0.15) is 5.75 Å². The topological polar surface area (TPSA) is 48.4 Å². The molecule has 2 rings (SSSR count). The van der Waals surface area contributed by atoms with Gasteiger partial charge in [-0.1, -0.05) is 23.2 Å². The Morgan fingerprint density at radius 1 is 1.35 bits per heavy atom. The molecule has 0 atom stereocenters. The highest BCUT2D eigenvalue weighted by Crippen LogP contribution is 2.39. The number of halogens is 3. The predicted molar refractivity (Wildman–Crippen MR) is 82.0 cm³/mol. The van der Waals surface area contributed by atoms with Gasteiger partial charge in [0.05, 0.1) is 29.3 Å². The molecular weight excluding hydrogens is 369 g/mol. The molecule has 0 N–H and O–H groups in total. The van der Waals surface area contributed by atoms with Gasteiger partial charge in [-0.05, 0) is 28.9 Å². The fourth-order valence-electron chi connectivity index (χ4n) is 1.72. The lowest BCUT2D eigenvalue weighted by atomic mass is 10.1. The molecular formula is C13H10BrCl2NO3. The van der Waals surface area contributed by atoms with Crippen molar-refractivity contribution in [3.05, 3.63) is 32.3 Å². The number of carbonyl (C=O) groups excluding carboxylic acids is 1. The molecule has 1 aromatic heterocycles. The highest BCUT2D eigenvalue weighted by Gasteiger charge is 2.18. The van der Waals surface area contributed by atoms with E-state index in [-0.39, 0.29) is 10.7 Å². The first-order chi connectivity index (χ1) is 9.49. The molecule has 2 aromatic rings. The van der Waals surface area contributed by atoms with Crippen LogP contribution in [-0.2, 0) is 4.74 Å². The molecule has 0 radical (unpaired) electrons. The smallest absolute Gasteiger partial charge is 0.356 e. The van der Waals surface area contributed by atoms with E-state index in [1.807, 2.05) is 6.92 Å². The monoisotopic (exact) mass is 377 g/mol. The van der Waals surface area contributed by atoms with E-state index in [4.69, 9.17) is 27.9 Å². The molecule has 0 bridgehead atoms. The summed E-state index contributed by atoms with van der Waals surface area (Å²) in [6, 6.07) is 3.27. The summed E-state index contributed by atoms with van der Waals surface area (Å²) in [5.74, 6) is -0.0693. The first kappa shape index (κ1) is 15.4. The maximum atomic E-state index is 11.7. The van der Waals surface area contributed by atoms with Gasteiger partial charge < -0.3 is 9.47 Å². The average Bonchev–Trinajstić information content (AvgIpc) is 2.45. The van der Waals surface area contributed by atoms with E-state index in [0.29, 0.717) is 32.8 Å². The SMILES string of the molecule is CCOc1cc(C(=O)OC)nc2c(Cl)c(Cl)c(Br)cc12. The third-order valence-corrected chi connectivity index (χ3v) is 4.31. The molecule has 0 unspecified atom stereocenters. The minimum atomic E-state index is -0.567. The molecule has 0 aliphatic heterocycles. The van der Waals surface area contributed by atoms with E-state index in [1.54, 1.807) is 6.07 Å². The van der Waals surface area contributed by atoms with Crippen molar-refractivity contribution in [1.29, 1.82) is 0 Å². The van der Waals surface area contributed by atoms with Gasteiger partial charge in [0, 0.05) is 15.9 Å². The van der Waals surface area contributed by atoms with Crippen LogP contribution in [0.2, 0.25) is 10.0 Å². The first-order valence-corrected chi connectivity index (χ1v) is 7.23. The van der Waals surface area contributed by atoms with Crippen molar-refractivity contribution in [3.63, 3.8) is 0 Å². The van der Waals surface area contributed by atoms with Crippen molar-refractivity contribution in [2.45, 2.75) is 6.92 Å². The molecule has 0 aliphatic carbocycles. The number of esters is 1. The summed E-state index contributed by atoms with van der Waals surface area (Å²) in [5.41, 5.74) is 0.509. The normalized spacial score (nSPS) is 10.7. The molecule has 106 valence electrons. The standard InChI is InChI=1S/C13H10BrCl2NO3/c1-3-20-9-5-8(13(18)19-2)17-12-6(9)4-7(14)10(15)11(12)16/h4-5H,3H2,1-2H3. The van der Waals surface area contributed by atoms with Gasteiger partial charge in [-0.15, -0.1) is 0 Å². The molecule has 7 heteroatoms. The van der Waals surface area contributed by atoms with E-state index in [9.17, 15) is 4.79 Å². The second kappa shape index (κ2) is 6.16. The summed E-state index contributed by atoms with van der Waals surface area (Å²) in [6.07, 6.45) is 0. The number of hydrogen-bond acceptors (Lipinski definition) is 4. The van der Waals surface area contributed by atoms with Crippen LogP contribution >= 0.6 is 39.1 Å². The first-order valence-electron chi connectivity index (χ1n) is 5.69. The van der Waals surface area contributed by atoms with Gasteiger partial charge in [-0.25, -0.2) is 9.78 Å². The molecule has 4 nitrogen and oxygen atoms in total. The van der Waals surface area contributed by atoms with Gasteiger partial charge in [0.15, 0.2) is 5.69 Å². The minimum absolute atomic E-state index is 0.115. The Kier molecular flexibility index (Phi) is 4.73. The zero-order valence-corrected chi connectivity index (χ0v) is 13.8. The van der Waals surface area contributed by atoms with Crippen LogP contribution in [0, 0.1) is 0 Å². The zero-order valence-electron chi connectivity index (χ0n) is 10.7. The lowest BCUT2D eigenvalue weighted by Crippen LogP contribution is -2.06. The number of ether oxygens (including phenoxy) is 2. The molecule has 0 amide bonds. The quantitative estimate of drug-likeness (QED) is 0.583. The van der Waals surface area contributed by atoms with E-state index in [0.717, 1.165) is 0 Å². The fraction of sp³-hybridized carbons (Fsp3) is 0.231. The number of benzene rings is 1. The van der Waals surface area contributed by atoms with Crippen molar-refractivity contribution < 1.29 is 14.3 Å². The number of rotatable bonds is 3. The molecule has 0 fully saturated rings. The summed E-state index contributed by atoms with van der Waals surface area (Å²) >= 11 is 15.6. The van der Waals surface area contributed by atoms with Gasteiger partial charge in [0.2, 0.25) is 0 Å². The maximum Gasteiger partial charge on any atom is 0.356 e. The fourth-order valence-corrected chi connectivity index (χ4v) is 2.65. The van der Waals surface area contributed by atoms with Crippen LogP contribution in [0.5, 0.6) is 5.75 Å². The summed E-state index contributed by atoms with van der Waals surface area (Å²) < 4.78 is 10.8. The number of carbonyl (C=O) groups is 1. The summed E-state index contributed by atoms with van der Waals surface area (Å²) in [6.45, 7) is 2.29. The number of hydrogen-bond donors (Lipinski definition) is 0. The van der Waals surface area contributed by atoms with Crippen LogP contribution < -0.4 is 4.74 Å². The highest BCUT2D eigenvalue weighted by atomic mass is 79.9. The zero-order chi connectivity index (χ0) is 14.9. The molecule has 0 saturated carbocycles. The molecule has 20 heavy (non-hydrogen) atoms. The second-order valence-electron chi connectivity index (χ2n) is 3.81. The predicted octanol–water partition coefficient (Wildman–Crippen LogP) is 4.49. The number of methoxy groups -OCH3 is 1. The van der Waals surface area contributed by atoms with Crippen LogP contribution in [0.4, 0.5) is 0 Å². The number of aromatic nitrogens is 1.